The molecule has 6 atom stereocenters. The lowest BCUT2D eigenvalue weighted by Gasteiger charge is -2.58. The van der Waals surface area contributed by atoms with Gasteiger partial charge in [-0.25, -0.2) is 0 Å². The number of aliphatic hydroxyl groups excluding tert-OH is 2. The molecule has 1 aliphatic heterocycles. The minimum Gasteiger partial charge on any atom is -0.496 e. The van der Waals surface area contributed by atoms with E-state index in [0.29, 0.717) is 47.8 Å². The summed E-state index contributed by atoms with van der Waals surface area (Å²) in [6.07, 6.45) is 14.3. The number of allylic oxidation sites excluding steroid dienone is 1. The van der Waals surface area contributed by atoms with E-state index in [2.05, 4.69) is 17.6 Å². The number of rotatable bonds is 23. The summed E-state index contributed by atoms with van der Waals surface area (Å²) < 4.78 is 26.2. The Morgan fingerprint density at radius 1 is 0.984 bits per heavy atom. The monoisotopic (exact) mass is 877 g/mol. The lowest BCUT2D eigenvalue weighted by atomic mass is 9.56. The molecular formula is C49H55N3O10S. The van der Waals surface area contributed by atoms with Gasteiger partial charge in [0.15, 0.2) is 6.29 Å². The van der Waals surface area contributed by atoms with Crippen molar-refractivity contribution < 1.29 is 43.7 Å². The first-order valence-electron chi connectivity index (χ1n) is 21.6. The second kappa shape index (κ2) is 21.7. The highest BCUT2D eigenvalue weighted by Gasteiger charge is 2.64. The molecule has 0 amide bonds. The van der Waals surface area contributed by atoms with Gasteiger partial charge in [0.2, 0.25) is 5.79 Å². The maximum Gasteiger partial charge on any atom is 0.269 e. The van der Waals surface area contributed by atoms with E-state index in [4.69, 9.17) is 28.9 Å². The Labute approximate surface area is 372 Å². The number of pyridine rings is 1. The predicted molar refractivity (Wildman–Crippen MR) is 242 cm³/mol. The standard InChI is InChI=1S/C49H55N3O10S/c1-3-25-59-49-46(63-26-20-33-18-21-50-22-19-33)30-43(51-60-32-34-10-12-37(13-11-34)52(56)57)41-28-35(8-4-6-23-53)40(9-5-7-24-54)47(48(41)49)42-29-39(15-17-45(42)62-49)61-38-14-16-44(58-2)36(27-38)31-55/h3,10-19,21-22,27-29,31,35,40,46-48,53-54H,1,4-9,20,23-26,30,32H2,2H3. The molecular weight excluding hydrogens is 823 g/mol. The van der Waals surface area contributed by atoms with E-state index < -0.39 is 10.7 Å². The average molecular weight is 878 g/mol. The summed E-state index contributed by atoms with van der Waals surface area (Å²) in [7, 11) is 1.52. The van der Waals surface area contributed by atoms with Crippen molar-refractivity contribution in [1.82, 2.24) is 4.98 Å². The number of aldehydes is 1. The number of aromatic nitrogens is 1. The van der Waals surface area contributed by atoms with Gasteiger partial charge in [-0.3, -0.25) is 19.9 Å². The second-order valence-electron chi connectivity index (χ2n) is 16.0. The zero-order chi connectivity index (χ0) is 44.2. The van der Waals surface area contributed by atoms with Crippen LogP contribution in [0.2, 0.25) is 0 Å². The number of nitrogens with zero attached hydrogens (tertiary/aromatic N) is 3. The summed E-state index contributed by atoms with van der Waals surface area (Å²) in [5.41, 5.74) is 5.00. The molecule has 1 saturated carbocycles. The molecule has 2 N–H and O–H groups in total. The van der Waals surface area contributed by atoms with Crippen molar-refractivity contribution >= 4 is 29.4 Å². The van der Waals surface area contributed by atoms with Crippen LogP contribution in [-0.2, 0) is 22.6 Å². The molecule has 0 saturated heterocycles. The summed E-state index contributed by atoms with van der Waals surface area (Å²) >= 11 is 1.77. The van der Waals surface area contributed by atoms with Crippen LogP contribution in [0.25, 0.3) is 0 Å². The first-order valence-corrected chi connectivity index (χ1v) is 22.6. The third-order valence-electron chi connectivity index (χ3n) is 12.2. The quantitative estimate of drug-likeness (QED) is 0.0238. The number of benzene rings is 3. The number of unbranched alkanes of at least 4 members (excludes halogenated alkanes) is 2. The fraction of sp³-hybridized carbons (Fsp3) is 0.408. The number of methoxy groups -OCH3 is 1. The lowest BCUT2D eigenvalue weighted by molar-refractivity contribution is -0.384. The van der Waals surface area contributed by atoms with Crippen LogP contribution in [0.1, 0.15) is 77.9 Å². The normalized spacial score (nSPS) is 22.8. The highest BCUT2D eigenvalue weighted by atomic mass is 32.2. The molecule has 1 aromatic heterocycles. The Morgan fingerprint density at radius 2 is 1.73 bits per heavy atom. The van der Waals surface area contributed by atoms with E-state index in [1.54, 1.807) is 60.6 Å². The lowest BCUT2D eigenvalue weighted by Crippen LogP contribution is -2.64. The van der Waals surface area contributed by atoms with Crippen molar-refractivity contribution in [3.8, 4) is 23.0 Å². The molecule has 2 heterocycles. The minimum atomic E-state index is -1.15. The van der Waals surface area contributed by atoms with E-state index >= 15 is 0 Å². The Kier molecular flexibility index (Phi) is 15.7. The summed E-state index contributed by atoms with van der Waals surface area (Å²) in [4.78, 5) is 33.2. The van der Waals surface area contributed by atoms with Crippen molar-refractivity contribution in [2.75, 3.05) is 32.7 Å². The van der Waals surface area contributed by atoms with Crippen molar-refractivity contribution in [3.05, 3.63) is 142 Å². The number of oxime groups is 1. The van der Waals surface area contributed by atoms with Gasteiger partial charge in [0.05, 0.1) is 41.1 Å². The number of non-ortho nitro benzene ring substituents is 1. The highest BCUT2D eigenvalue weighted by molar-refractivity contribution is 8.00. The summed E-state index contributed by atoms with van der Waals surface area (Å²) in [5.74, 6) is 1.44. The number of carbonyl (C=O) groups excluding carboxylic acids is 1. The molecule has 4 aromatic rings. The number of hydrogen-bond donors (Lipinski definition) is 2. The number of nitro groups is 1. The smallest absolute Gasteiger partial charge is 0.269 e. The molecule has 2 aliphatic carbocycles. The van der Waals surface area contributed by atoms with Crippen molar-refractivity contribution in [2.45, 2.75) is 74.9 Å². The molecule has 3 aromatic carbocycles. The number of carbonyl (C=O) groups is 1. The predicted octanol–water partition coefficient (Wildman–Crippen LogP) is 9.41. The average Bonchev–Trinajstić information content (AvgIpc) is 3.30. The molecule has 3 aliphatic rings. The SMILES string of the molecule is C=CCOC12Oc3ccc(Oc4ccc(OC)c(C=O)c4)cc3C3C(CCCCO)C(CCCCO)C=C(C(=NOCc4ccc([N+](=O)[O-])cc4)CC1SCCc1ccncc1)C32. The fourth-order valence-electron chi connectivity index (χ4n) is 9.31. The van der Waals surface area contributed by atoms with Crippen LogP contribution in [0, 0.1) is 27.9 Å². The fourth-order valence-corrected chi connectivity index (χ4v) is 10.7. The van der Waals surface area contributed by atoms with E-state index in [1.165, 1.54) is 24.8 Å². The summed E-state index contributed by atoms with van der Waals surface area (Å²) in [6.45, 7) is 4.57. The van der Waals surface area contributed by atoms with E-state index in [1.807, 2.05) is 30.3 Å². The Balaban J connectivity index is 1.35. The van der Waals surface area contributed by atoms with Gasteiger partial charge in [0.25, 0.3) is 5.69 Å². The zero-order valence-electron chi connectivity index (χ0n) is 35.5. The topological polar surface area (TPSA) is 172 Å². The van der Waals surface area contributed by atoms with Crippen LogP contribution in [0.3, 0.4) is 0 Å². The van der Waals surface area contributed by atoms with Crippen LogP contribution in [0.5, 0.6) is 23.0 Å². The maximum absolute atomic E-state index is 11.9. The Morgan fingerprint density at radius 3 is 2.44 bits per heavy atom. The minimum absolute atomic E-state index is 0.000114. The number of fused-ring (bicyclic) bond motifs is 2. The van der Waals surface area contributed by atoms with Crippen LogP contribution in [0.4, 0.5) is 5.69 Å². The van der Waals surface area contributed by atoms with Gasteiger partial charge in [-0.15, -0.1) is 6.58 Å². The third-order valence-corrected chi connectivity index (χ3v) is 13.5. The Bertz CT molecular complexity index is 2250. The molecule has 14 heteroatoms. The number of aliphatic hydroxyl groups is 2. The van der Waals surface area contributed by atoms with Gasteiger partial charge in [-0.1, -0.05) is 30.1 Å². The molecule has 332 valence electrons. The molecule has 6 unspecified atom stereocenters. The van der Waals surface area contributed by atoms with Crippen molar-refractivity contribution in [3.63, 3.8) is 0 Å². The Hall–Kier alpha value is -5.54. The molecule has 0 bridgehead atoms. The number of aryl methyl sites for hydroxylation is 1. The number of nitro benzene ring substituents is 1. The molecule has 0 radical (unpaired) electrons. The first-order chi connectivity index (χ1) is 30.8. The van der Waals surface area contributed by atoms with Gasteiger partial charge in [-0.05, 0) is 127 Å². The molecule has 1 fully saturated rings. The van der Waals surface area contributed by atoms with E-state index in [-0.39, 0.29) is 61.0 Å². The van der Waals surface area contributed by atoms with Gasteiger partial charge in [0.1, 0.15) is 29.6 Å². The van der Waals surface area contributed by atoms with Crippen molar-refractivity contribution in [2.24, 2.45) is 22.9 Å². The largest absolute Gasteiger partial charge is 0.496 e. The van der Waals surface area contributed by atoms with Gasteiger partial charge in [0, 0.05) is 55.6 Å². The highest BCUT2D eigenvalue weighted by Crippen LogP contribution is 2.62. The summed E-state index contributed by atoms with van der Waals surface area (Å²) in [5, 5.41) is 35.8. The molecule has 7 rings (SSSR count). The van der Waals surface area contributed by atoms with Crippen LogP contribution in [0.15, 0.2) is 115 Å². The van der Waals surface area contributed by atoms with Gasteiger partial charge < -0.3 is 34.0 Å². The third kappa shape index (κ3) is 10.5. The van der Waals surface area contributed by atoms with Gasteiger partial charge >= 0.3 is 0 Å². The van der Waals surface area contributed by atoms with Gasteiger partial charge in [-0.2, -0.15) is 11.8 Å². The van der Waals surface area contributed by atoms with Crippen LogP contribution < -0.4 is 14.2 Å². The maximum atomic E-state index is 11.9. The van der Waals surface area contributed by atoms with Crippen LogP contribution >= 0.6 is 11.8 Å². The molecule has 13 nitrogen and oxygen atoms in total. The molecule has 63 heavy (non-hydrogen) atoms. The van der Waals surface area contributed by atoms with Crippen molar-refractivity contribution in [1.29, 1.82) is 0 Å². The van der Waals surface area contributed by atoms with E-state index in [0.717, 1.165) is 66.6 Å². The number of thioether (sulfide) groups is 1. The first kappa shape index (κ1) is 45.5. The molecule has 0 spiro atoms. The summed E-state index contributed by atoms with van der Waals surface area (Å²) in [6, 6.07) is 21.3. The van der Waals surface area contributed by atoms with E-state index in [9.17, 15) is 25.1 Å². The second-order valence-corrected chi connectivity index (χ2v) is 17.4. The number of ether oxygens (including phenoxy) is 4. The zero-order valence-corrected chi connectivity index (χ0v) is 36.3. The van der Waals surface area contributed by atoms with Crippen LogP contribution in [-0.4, -0.2) is 75.8 Å². The number of hydrogen-bond acceptors (Lipinski definition) is 13.